The van der Waals surface area contributed by atoms with Gasteiger partial charge in [-0.25, -0.2) is 0 Å². The van der Waals surface area contributed by atoms with E-state index in [9.17, 15) is 4.79 Å². The van der Waals surface area contributed by atoms with Gasteiger partial charge in [-0.15, -0.1) is 0 Å². The molecule has 0 fully saturated rings. The number of hydrogen-bond donors (Lipinski definition) is 1. The third-order valence-electron chi connectivity index (χ3n) is 3.01. The fourth-order valence-electron chi connectivity index (χ4n) is 2.15. The average Bonchev–Trinajstić information content (AvgIpc) is 2.63. The zero-order chi connectivity index (χ0) is 10.4. The van der Waals surface area contributed by atoms with Crippen LogP contribution in [-0.2, 0) is 6.42 Å². The molecule has 2 aromatic rings. The number of allylic oxidation sites excluding steroid dienone is 2. The third kappa shape index (κ3) is 1.08. The maximum Gasteiger partial charge on any atom is 0.204 e. The van der Waals surface area contributed by atoms with Crippen LogP contribution in [0.2, 0.25) is 0 Å². The number of nitrogens with one attached hydrogen (secondary N) is 1. The van der Waals surface area contributed by atoms with E-state index in [2.05, 4.69) is 11.1 Å². The highest BCUT2D eigenvalue weighted by atomic mass is 16.1. The number of ketones is 1. The van der Waals surface area contributed by atoms with Gasteiger partial charge in [0, 0.05) is 10.9 Å². The van der Waals surface area contributed by atoms with E-state index < -0.39 is 0 Å². The predicted octanol–water partition coefficient (Wildman–Crippen LogP) is 2.85. The van der Waals surface area contributed by atoms with E-state index in [-0.39, 0.29) is 5.78 Å². The van der Waals surface area contributed by atoms with Crippen LogP contribution in [0.3, 0.4) is 0 Å². The number of aromatic amines is 1. The maximum absolute atomic E-state index is 11.9. The zero-order valence-corrected chi connectivity index (χ0v) is 8.50. The van der Waals surface area contributed by atoms with Crippen LogP contribution >= 0.6 is 0 Å². The second kappa shape index (κ2) is 2.83. The van der Waals surface area contributed by atoms with E-state index in [0.29, 0.717) is 0 Å². The van der Waals surface area contributed by atoms with Crippen molar-refractivity contribution in [2.75, 3.05) is 0 Å². The van der Waals surface area contributed by atoms with Gasteiger partial charge in [-0.2, -0.15) is 0 Å². The van der Waals surface area contributed by atoms with Crippen molar-refractivity contribution in [1.29, 1.82) is 0 Å². The number of benzene rings is 1. The van der Waals surface area contributed by atoms with Crippen molar-refractivity contribution in [1.82, 2.24) is 4.98 Å². The molecule has 0 aliphatic heterocycles. The monoisotopic (exact) mass is 197 g/mol. The van der Waals surface area contributed by atoms with Gasteiger partial charge < -0.3 is 4.98 Å². The van der Waals surface area contributed by atoms with Crippen LogP contribution in [0, 0.1) is 0 Å². The minimum absolute atomic E-state index is 0.132. The second-order valence-corrected chi connectivity index (χ2v) is 3.94. The summed E-state index contributed by atoms with van der Waals surface area (Å²) < 4.78 is 0. The summed E-state index contributed by atoms with van der Waals surface area (Å²) >= 11 is 0. The molecule has 1 aliphatic rings. The van der Waals surface area contributed by atoms with Gasteiger partial charge in [0.25, 0.3) is 0 Å². The molecule has 0 amide bonds. The summed E-state index contributed by atoms with van der Waals surface area (Å²) in [7, 11) is 0. The molecule has 0 atom stereocenters. The van der Waals surface area contributed by atoms with Crippen LogP contribution in [-0.4, -0.2) is 10.8 Å². The van der Waals surface area contributed by atoms with Gasteiger partial charge in [-0.05, 0) is 30.5 Å². The van der Waals surface area contributed by atoms with E-state index in [0.717, 1.165) is 28.8 Å². The summed E-state index contributed by atoms with van der Waals surface area (Å²) in [5.74, 6) is 0.132. The van der Waals surface area contributed by atoms with Crippen LogP contribution in [0.5, 0.6) is 0 Å². The Morgan fingerprint density at radius 2 is 2.07 bits per heavy atom. The van der Waals surface area contributed by atoms with Crippen molar-refractivity contribution in [2.24, 2.45) is 0 Å². The SMILES string of the molecule is CC1=CCc2c([nH]c3ccccc23)C1=O. The Hall–Kier alpha value is -1.83. The third-order valence-corrected chi connectivity index (χ3v) is 3.01. The highest BCUT2D eigenvalue weighted by Crippen LogP contribution is 2.28. The molecule has 74 valence electrons. The molecule has 0 radical (unpaired) electrons. The molecule has 1 aromatic carbocycles. The summed E-state index contributed by atoms with van der Waals surface area (Å²) in [6.07, 6.45) is 2.86. The van der Waals surface area contributed by atoms with Crippen molar-refractivity contribution in [2.45, 2.75) is 13.3 Å². The van der Waals surface area contributed by atoms with Crippen LogP contribution in [0.15, 0.2) is 35.9 Å². The van der Waals surface area contributed by atoms with Gasteiger partial charge in [0.05, 0.1) is 5.69 Å². The molecule has 0 spiro atoms. The Labute approximate surface area is 87.6 Å². The average molecular weight is 197 g/mol. The Balaban J connectivity index is 2.35. The van der Waals surface area contributed by atoms with E-state index >= 15 is 0 Å². The first kappa shape index (κ1) is 8.48. The molecule has 0 unspecified atom stereocenters. The summed E-state index contributed by atoms with van der Waals surface area (Å²) in [6, 6.07) is 8.06. The van der Waals surface area contributed by atoms with Gasteiger partial charge in [-0.1, -0.05) is 24.3 Å². The van der Waals surface area contributed by atoms with Gasteiger partial charge in [0.2, 0.25) is 5.78 Å². The molecule has 0 saturated heterocycles. The molecule has 0 saturated carbocycles. The molecule has 2 heteroatoms. The summed E-state index contributed by atoms with van der Waals surface area (Å²) in [6.45, 7) is 1.87. The normalized spacial score (nSPS) is 15.3. The highest BCUT2D eigenvalue weighted by Gasteiger charge is 2.21. The molecule has 3 rings (SSSR count). The molecular weight excluding hydrogens is 186 g/mol. The number of carbonyl (C=O) groups excluding carboxylic acids is 1. The van der Waals surface area contributed by atoms with Crippen LogP contribution in [0.25, 0.3) is 10.9 Å². The Kier molecular flexibility index (Phi) is 1.60. The predicted molar refractivity (Wildman–Crippen MR) is 60.1 cm³/mol. The molecule has 1 N–H and O–H groups in total. The van der Waals surface area contributed by atoms with Crippen molar-refractivity contribution in [3.05, 3.63) is 47.2 Å². The van der Waals surface area contributed by atoms with E-state index in [4.69, 9.17) is 0 Å². The summed E-state index contributed by atoms with van der Waals surface area (Å²) in [5.41, 5.74) is 3.81. The van der Waals surface area contributed by atoms with Crippen LogP contribution in [0.1, 0.15) is 23.0 Å². The smallest absolute Gasteiger partial charge is 0.204 e. The number of fused-ring (bicyclic) bond motifs is 3. The van der Waals surface area contributed by atoms with E-state index in [1.807, 2.05) is 31.2 Å². The number of hydrogen-bond acceptors (Lipinski definition) is 1. The van der Waals surface area contributed by atoms with Crippen molar-refractivity contribution >= 4 is 16.7 Å². The number of Topliss-reactive ketones (excluding diaryl/α,β-unsaturated/α-hetero) is 1. The first-order valence-corrected chi connectivity index (χ1v) is 5.08. The van der Waals surface area contributed by atoms with Crippen molar-refractivity contribution in [3.63, 3.8) is 0 Å². The van der Waals surface area contributed by atoms with Gasteiger partial charge in [0.15, 0.2) is 0 Å². The lowest BCUT2D eigenvalue weighted by molar-refractivity contribution is 0.102. The molecule has 15 heavy (non-hydrogen) atoms. The van der Waals surface area contributed by atoms with Crippen LogP contribution in [0.4, 0.5) is 0 Å². The largest absolute Gasteiger partial charge is 0.352 e. The standard InChI is InChI=1S/C13H11NO/c1-8-6-7-10-9-4-2-3-5-11(9)14-12(10)13(8)15/h2-6,14H,7H2,1H3. The number of aromatic nitrogens is 1. The lowest BCUT2D eigenvalue weighted by Crippen LogP contribution is -2.09. The summed E-state index contributed by atoms with van der Waals surface area (Å²) in [4.78, 5) is 15.1. The molecule has 1 heterocycles. The number of rotatable bonds is 0. The first-order chi connectivity index (χ1) is 7.27. The lowest BCUT2D eigenvalue weighted by Gasteiger charge is -2.08. The van der Waals surface area contributed by atoms with Crippen molar-refractivity contribution < 1.29 is 4.79 Å². The quantitative estimate of drug-likeness (QED) is 0.692. The zero-order valence-electron chi connectivity index (χ0n) is 8.50. The second-order valence-electron chi connectivity index (χ2n) is 3.94. The molecule has 1 aromatic heterocycles. The van der Waals surface area contributed by atoms with E-state index in [1.54, 1.807) is 0 Å². The topological polar surface area (TPSA) is 32.9 Å². The Bertz CT molecular complexity index is 590. The minimum Gasteiger partial charge on any atom is -0.352 e. The maximum atomic E-state index is 11.9. The Morgan fingerprint density at radius 3 is 2.93 bits per heavy atom. The lowest BCUT2D eigenvalue weighted by atomic mass is 9.95. The van der Waals surface area contributed by atoms with Gasteiger partial charge in [-0.3, -0.25) is 4.79 Å². The first-order valence-electron chi connectivity index (χ1n) is 5.08. The number of para-hydroxylation sites is 1. The van der Waals surface area contributed by atoms with Gasteiger partial charge in [0.1, 0.15) is 0 Å². The molecule has 1 aliphatic carbocycles. The van der Waals surface area contributed by atoms with Crippen molar-refractivity contribution in [3.8, 4) is 0 Å². The summed E-state index contributed by atoms with van der Waals surface area (Å²) in [5, 5.41) is 1.17. The molecule has 2 nitrogen and oxygen atoms in total. The molecule has 0 bridgehead atoms. The Morgan fingerprint density at radius 1 is 1.27 bits per heavy atom. The number of carbonyl (C=O) groups is 1. The fourth-order valence-corrected chi connectivity index (χ4v) is 2.15. The minimum atomic E-state index is 0.132. The van der Waals surface area contributed by atoms with Crippen LogP contribution < -0.4 is 0 Å². The van der Waals surface area contributed by atoms with E-state index in [1.165, 1.54) is 5.39 Å². The van der Waals surface area contributed by atoms with Gasteiger partial charge >= 0.3 is 0 Å². The highest BCUT2D eigenvalue weighted by molar-refractivity contribution is 6.12. The number of H-pyrrole nitrogens is 1. The molecular formula is C13H11NO. The fraction of sp³-hybridized carbons (Fsp3) is 0.154.